The first-order chi connectivity index (χ1) is 7.47. The summed E-state index contributed by atoms with van der Waals surface area (Å²) in [7, 11) is -0.767. The van der Waals surface area contributed by atoms with Crippen molar-refractivity contribution in [3.63, 3.8) is 0 Å². The number of amidine groups is 1. The van der Waals surface area contributed by atoms with E-state index in [4.69, 9.17) is 10.9 Å². The van der Waals surface area contributed by atoms with E-state index in [1.165, 1.54) is 0 Å². The predicted octanol–water partition coefficient (Wildman–Crippen LogP) is 0.260. The molecule has 0 saturated heterocycles. The van der Waals surface area contributed by atoms with Crippen molar-refractivity contribution in [3.05, 3.63) is 0 Å². The van der Waals surface area contributed by atoms with Gasteiger partial charge in [0.25, 0.3) is 0 Å². The minimum atomic E-state index is -0.767. The Kier molecular flexibility index (Phi) is 4.73. The van der Waals surface area contributed by atoms with Crippen molar-refractivity contribution in [2.45, 2.75) is 32.2 Å². The van der Waals surface area contributed by atoms with Crippen LogP contribution in [-0.2, 0) is 10.8 Å². The summed E-state index contributed by atoms with van der Waals surface area (Å²) in [4.78, 5) is 0. The van der Waals surface area contributed by atoms with E-state index >= 15 is 0 Å². The molecule has 6 heteroatoms. The average molecular weight is 247 g/mol. The summed E-state index contributed by atoms with van der Waals surface area (Å²) < 4.78 is 11.0. The lowest BCUT2D eigenvalue weighted by Crippen LogP contribution is -2.36. The molecule has 94 valence electrons. The molecule has 1 fully saturated rings. The summed E-state index contributed by atoms with van der Waals surface area (Å²) in [6.45, 7) is 2.88. The van der Waals surface area contributed by atoms with Gasteiger partial charge in [-0.15, -0.1) is 0 Å². The van der Waals surface area contributed by atoms with Crippen LogP contribution in [0.3, 0.4) is 0 Å². The Bertz CT molecular complexity index is 290. The first kappa shape index (κ1) is 13.4. The molecule has 1 saturated carbocycles. The third-order valence-electron chi connectivity index (χ3n) is 2.95. The van der Waals surface area contributed by atoms with Crippen LogP contribution in [0.4, 0.5) is 0 Å². The molecule has 5 nitrogen and oxygen atoms in total. The Morgan fingerprint density at radius 1 is 1.69 bits per heavy atom. The third kappa shape index (κ3) is 4.49. The van der Waals surface area contributed by atoms with Gasteiger partial charge in [0.05, 0.1) is 0 Å². The van der Waals surface area contributed by atoms with Crippen LogP contribution in [0.5, 0.6) is 0 Å². The molecule has 0 amide bonds. The van der Waals surface area contributed by atoms with E-state index in [9.17, 15) is 4.21 Å². The van der Waals surface area contributed by atoms with Crippen LogP contribution in [-0.4, -0.2) is 39.8 Å². The summed E-state index contributed by atoms with van der Waals surface area (Å²) in [5.41, 5.74) is 5.68. The smallest absolute Gasteiger partial charge is 0.139 e. The molecule has 0 heterocycles. The second-order valence-corrected chi connectivity index (χ2v) is 6.27. The molecular formula is C10H21N3O2S. The number of nitrogens with two attached hydrogens (primary N) is 1. The maximum Gasteiger partial charge on any atom is 0.139 e. The summed E-state index contributed by atoms with van der Waals surface area (Å²) in [6.07, 6.45) is 4.57. The van der Waals surface area contributed by atoms with Crippen molar-refractivity contribution < 1.29 is 9.42 Å². The molecule has 2 atom stereocenters. The normalized spacial score (nSPS) is 22.8. The molecule has 1 rings (SSSR count). The largest absolute Gasteiger partial charge is 0.409 e. The van der Waals surface area contributed by atoms with Crippen molar-refractivity contribution >= 4 is 16.6 Å². The minimum Gasteiger partial charge on any atom is -0.409 e. The molecule has 0 aromatic heterocycles. The molecule has 1 aliphatic carbocycles. The fourth-order valence-electron chi connectivity index (χ4n) is 1.81. The summed E-state index contributed by atoms with van der Waals surface area (Å²) in [6, 6.07) is 0.246. The molecule has 0 spiro atoms. The van der Waals surface area contributed by atoms with Crippen LogP contribution in [0.15, 0.2) is 5.16 Å². The van der Waals surface area contributed by atoms with Gasteiger partial charge in [0.15, 0.2) is 0 Å². The number of nitrogens with zero attached hydrogens (tertiary/aromatic N) is 1. The fourth-order valence-corrected chi connectivity index (χ4v) is 2.64. The van der Waals surface area contributed by atoms with E-state index in [2.05, 4.69) is 10.5 Å². The van der Waals surface area contributed by atoms with E-state index in [0.717, 1.165) is 19.4 Å². The van der Waals surface area contributed by atoms with Gasteiger partial charge in [-0.25, -0.2) is 0 Å². The Balaban J connectivity index is 2.29. The van der Waals surface area contributed by atoms with Gasteiger partial charge in [-0.1, -0.05) is 5.16 Å². The fraction of sp³-hybridized carbons (Fsp3) is 0.900. The topological polar surface area (TPSA) is 87.7 Å². The van der Waals surface area contributed by atoms with Gasteiger partial charge in [0.2, 0.25) is 0 Å². The highest BCUT2D eigenvalue weighted by molar-refractivity contribution is 7.84. The Morgan fingerprint density at radius 2 is 2.31 bits per heavy atom. The summed E-state index contributed by atoms with van der Waals surface area (Å²) in [5, 5.41) is 14.9. The third-order valence-corrected chi connectivity index (χ3v) is 3.92. The first-order valence-corrected chi connectivity index (χ1v) is 7.20. The molecule has 0 aromatic carbocycles. The quantitative estimate of drug-likeness (QED) is 0.261. The highest BCUT2D eigenvalue weighted by Gasteiger charge is 2.43. The monoisotopic (exact) mass is 247 g/mol. The van der Waals surface area contributed by atoms with Crippen molar-refractivity contribution in [2.24, 2.45) is 16.3 Å². The average Bonchev–Trinajstić information content (AvgIpc) is 2.94. The zero-order valence-corrected chi connectivity index (χ0v) is 10.7. The zero-order chi connectivity index (χ0) is 12.2. The van der Waals surface area contributed by atoms with E-state index < -0.39 is 10.8 Å². The molecule has 4 N–H and O–H groups in total. The van der Waals surface area contributed by atoms with Crippen molar-refractivity contribution in [2.75, 3.05) is 18.6 Å². The zero-order valence-electron chi connectivity index (χ0n) is 9.90. The molecular weight excluding hydrogens is 226 g/mol. The maximum absolute atomic E-state index is 11.0. The number of hydrogen-bond acceptors (Lipinski definition) is 4. The molecule has 0 bridgehead atoms. The Labute approximate surface area is 98.9 Å². The van der Waals surface area contributed by atoms with Crippen molar-refractivity contribution in [1.29, 1.82) is 0 Å². The first-order valence-electron chi connectivity index (χ1n) is 5.47. The Hall–Kier alpha value is -0.620. The van der Waals surface area contributed by atoms with Gasteiger partial charge >= 0.3 is 0 Å². The highest BCUT2D eigenvalue weighted by atomic mass is 32.2. The molecule has 2 unspecified atom stereocenters. The number of hydrogen-bond donors (Lipinski definition) is 3. The van der Waals surface area contributed by atoms with Gasteiger partial charge in [0, 0.05) is 41.8 Å². The molecule has 0 aliphatic heterocycles. The van der Waals surface area contributed by atoms with Crippen molar-refractivity contribution in [3.8, 4) is 0 Å². The van der Waals surface area contributed by atoms with E-state index in [0.29, 0.717) is 18.0 Å². The number of oxime groups is 1. The number of rotatable bonds is 7. The van der Waals surface area contributed by atoms with E-state index in [1.54, 1.807) is 6.26 Å². The molecule has 16 heavy (non-hydrogen) atoms. The second-order valence-electron chi connectivity index (χ2n) is 4.79. The van der Waals surface area contributed by atoms with Gasteiger partial charge in [-0.2, -0.15) is 0 Å². The molecule has 0 radical (unpaired) electrons. The van der Waals surface area contributed by atoms with Gasteiger partial charge in [0.1, 0.15) is 5.84 Å². The van der Waals surface area contributed by atoms with Gasteiger partial charge < -0.3 is 16.3 Å². The van der Waals surface area contributed by atoms with Crippen LogP contribution in [0.1, 0.15) is 26.2 Å². The molecule has 0 aromatic rings. The van der Waals surface area contributed by atoms with Crippen LogP contribution < -0.4 is 11.1 Å². The van der Waals surface area contributed by atoms with Crippen molar-refractivity contribution in [1.82, 2.24) is 5.32 Å². The SMILES string of the molecule is CC(CS(C)=O)NCC1(CC(N)=NO)CC1. The van der Waals surface area contributed by atoms with Gasteiger partial charge in [-0.3, -0.25) is 4.21 Å². The highest BCUT2D eigenvalue weighted by Crippen LogP contribution is 2.48. The Morgan fingerprint density at radius 3 is 2.75 bits per heavy atom. The second kappa shape index (κ2) is 5.63. The maximum atomic E-state index is 11.0. The molecule has 1 aliphatic rings. The van der Waals surface area contributed by atoms with Crippen LogP contribution in [0.2, 0.25) is 0 Å². The van der Waals surface area contributed by atoms with Gasteiger partial charge in [-0.05, 0) is 25.2 Å². The lowest BCUT2D eigenvalue weighted by atomic mass is 10.0. The van der Waals surface area contributed by atoms with Crippen LogP contribution in [0.25, 0.3) is 0 Å². The van der Waals surface area contributed by atoms with E-state index in [1.807, 2.05) is 6.92 Å². The summed E-state index contributed by atoms with van der Waals surface area (Å²) >= 11 is 0. The lowest BCUT2D eigenvalue weighted by molar-refractivity contribution is 0.314. The van der Waals surface area contributed by atoms with Crippen LogP contribution in [0, 0.1) is 5.41 Å². The predicted molar refractivity (Wildman–Crippen MR) is 66.1 cm³/mol. The summed E-state index contributed by atoms with van der Waals surface area (Å²) in [5.74, 6) is 0.964. The minimum absolute atomic E-state index is 0.166. The van der Waals surface area contributed by atoms with Crippen LogP contribution >= 0.6 is 0 Å². The lowest BCUT2D eigenvalue weighted by Gasteiger charge is -2.18. The number of nitrogens with one attached hydrogen (secondary N) is 1. The van der Waals surface area contributed by atoms with E-state index in [-0.39, 0.29) is 11.5 Å². The standard InChI is InChI=1S/C10H21N3O2S/c1-8(6-16(2)15)12-7-10(3-4-10)5-9(11)13-14/h8,12,14H,3-7H2,1-2H3,(H2,11,13).